The summed E-state index contributed by atoms with van der Waals surface area (Å²) in [5, 5.41) is 0. The molecule has 3 heteroatoms. The highest BCUT2D eigenvalue weighted by molar-refractivity contribution is 9.09. The summed E-state index contributed by atoms with van der Waals surface area (Å²) in [5.74, 6) is -0.260. The number of rotatable bonds is 3. The van der Waals surface area contributed by atoms with Gasteiger partial charge in [0.1, 0.15) is 12.1 Å². The van der Waals surface area contributed by atoms with E-state index in [1.165, 1.54) is 12.1 Å². The van der Waals surface area contributed by atoms with E-state index in [-0.39, 0.29) is 10.6 Å². The number of carbonyl (C=O) groups excluding carboxylic acids is 1. The second kappa shape index (κ2) is 4.36. The topological polar surface area (TPSA) is 17.1 Å². The molecule has 12 heavy (non-hydrogen) atoms. The smallest absolute Gasteiger partial charge is 0.123 e. The minimum absolute atomic E-state index is 0.00407. The number of alkyl halides is 1. The maximum absolute atomic E-state index is 12.5. The number of benzene rings is 1. The summed E-state index contributed by atoms with van der Waals surface area (Å²) in [6.07, 6.45) is 1.24. The zero-order chi connectivity index (χ0) is 8.97. The fraction of sp³-hybridized carbons (Fsp3) is 0.222. The van der Waals surface area contributed by atoms with Gasteiger partial charge in [-0.2, -0.15) is 0 Å². The van der Waals surface area contributed by atoms with Crippen LogP contribution in [0.25, 0.3) is 0 Å². The molecule has 0 bridgehead atoms. The van der Waals surface area contributed by atoms with Gasteiger partial charge in [0.05, 0.1) is 0 Å². The van der Waals surface area contributed by atoms with E-state index in [1.54, 1.807) is 12.1 Å². The van der Waals surface area contributed by atoms with Gasteiger partial charge in [-0.3, -0.25) is 0 Å². The van der Waals surface area contributed by atoms with E-state index in [0.717, 1.165) is 11.8 Å². The van der Waals surface area contributed by atoms with Crippen LogP contribution in [-0.2, 0) is 4.79 Å². The van der Waals surface area contributed by atoms with Gasteiger partial charge in [0.15, 0.2) is 0 Å². The van der Waals surface area contributed by atoms with Gasteiger partial charge in [-0.25, -0.2) is 4.39 Å². The molecule has 0 aliphatic rings. The summed E-state index contributed by atoms with van der Waals surface area (Å²) in [6.45, 7) is 0. The standard InChI is InChI=1S/C9H8BrFO/c10-9(5-6-12)7-1-3-8(11)4-2-7/h1-4,6,9H,5H2/t9-/m0/s1. The first-order valence-electron chi connectivity index (χ1n) is 3.57. The van der Waals surface area contributed by atoms with E-state index in [0.29, 0.717) is 6.42 Å². The second-order valence-electron chi connectivity index (χ2n) is 2.42. The minimum Gasteiger partial charge on any atom is -0.303 e. The Hall–Kier alpha value is -0.700. The number of hydrogen-bond acceptors (Lipinski definition) is 1. The molecule has 0 N–H and O–H groups in total. The van der Waals surface area contributed by atoms with Crippen molar-refractivity contribution in [1.82, 2.24) is 0 Å². The second-order valence-corrected chi connectivity index (χ2v) is 3.53. The lowest BCUT2D eigenvalue weighted by molar-refractivity contribution is -0.107. The van der Waals surface area contributed by atoms with Crippen molar-refractivity contribution in [2.45, 2.75) is 11.2 Å². The van der Waals surface area contributed by atoms with Crippen molar-refractivity contribution in [2.24, 2.45) is 0 Å². The van der Waals surface area contributed by atoms with Crippen molar-refractivity contribution in [3.8, 4) is 0 Å². The van der Waals surface area contributed by atoms with Crippen LogP contribution in [0.15, 0.2) is 24.3 Å². The molecular weight excluding hydrogens is 223 g/mol. The van der Waals surface area contributed by atoms with Gasteiger partial charge in [-0.1, -0.05) is 28.1 Å². The van der Waals surface area contributed by atoms with Crippen LogP contribution in [0.4, 0.5) is 4.39 Å². The Labute approximate surface area is 78.7 Å². The van der Waals surface area contributed by atoms with Crippen molar-refractivity contribution in [2.75, 3.05) is 0 Å². The maximum atomic E-state index is 12.5. The average molecular weight is 231 g/mol. The Morgan fingerprint density at radius 1 is 1.42 bits per heavy atom. The minimum atomic E-state index is -0.260. The van der Waals surface area contributed by atoms with Gasteiger partial charge in [-0.05, 0) is 17.7 Å². The fourth-order valence-electron chi connectivity index (χ4n) is 0.892. The van der Waals surface area contributed by atoms with Crippen molar-refractivity contribution in [3.05, 3.63) is 35.6 Å². The van der Waals surface area contributed by atoms with Gasteiger partial charge in [-0.15, -0.1) is 0 Å². The van der Waals surface area contributed by atoms with Crippen molar-refractivity contribution < 1.29 is 9.18 Å². The molecule has 0 saturated carbocycles. The van der Waals surface area contributed by atoms with Crippen LogP contribution in [0.5, 0.6) is 0 Å². The average Bonchev–Trinajstić information content (AvgIpc) is 2.06. The number of halogens is 2. The van der Waals surface area contributed by atoms with Crippen molar-refractivity contribution >= 4 is 22.2 Å². The predicted molar refractivity (Wildman–Crippen MR) is 48.7 cm³/mol. The molecule has 0 saturated heterocycles. The SMILES string of the molecule is O=CC[C@H](Br)c1ccc(F)cc1. The Morgan fingerprint density at radius 2 is 2.00 bits per heavy atom. The van der Waals surface area contributed by atoms with E-state index in [1.807, 2.05) is 0 Å². The molecular formula is C9H8BrFO. The van der Waals surface area contributed by atoms with Gasteiger partial charge in [0, 0.05) is 11.2 Å². The summed E-state index contributed by atoms with van der Waals surface area (Å²) in [6, 6.07) is 6.10. The summed E-state index contributed by atoms with van der Waals surface area (Å²) < 4.78 is 12.5. The summed E-state index contributed by atoms with van der Waals surface area (Å²) in [5.41, 5.74) is 0.920. The summed E-state index contributed by atoms with van der Waals surface area (Å²) >= 11 is 3.32. The Balaban J connectivity index is 2.74. The lowest BCUT2D eigenvalue weighted by atomic mass is 10.1. The Morgan fingerprint density at radius 3 is 2.50 bits per heavy atom. The van der Waals surface area contributed by atoms with E-state index in [2.05, 4.69) is 15.9 Å². The van der Waals surface area contributed by atoms with Gasteiger partial charge in [0.2, 0.25) is 0 Å². The first-order valence-corrected chi connectivity index (χ1v) is 4.49. The van der Waals surface area contributed by atoms with Crippen LogP contribution >= 0.6 is 15.9 Å². The van der Waals surface area contributed by atoms with E-state index in [4.69, 9.17) is 0 Å². The molecule has 0 aliphatic carbocycles. The predicted octanol–water partition coefficient (Wildman–Crippen LogP) is 2.85. The van der Waals surface area contributed by atoms with Crippen LogP contribution in [0, 0.1) is 5.82 Å². The zero-order valence-electron chi connectivity index (χ0n) is 6.34. The lowest BCUT2D eigenvalue weighted by Crippen LogP contribution is -1.90. The van der Waals surface area contributed by atoms with Gasteiger partial charge < -0.3 is 4.79 Å². The van der Waals surface area contributed by atoms with Crippen LogP contribution < -0.4 is 0 Å². The fourth-order valence-corrected chi connectivity index (χ4v) is 1.35. The monoisotopic (exact) mass is 230 g/mol. The van der Waals surface area contributed by atoms with E-state index >= 15 is 0 Å². The summed E-state index contributed by atoms with van der Waals surface area (Å²) in [4.78, 5) is 10.1. The molecule has 64 valence electrons. The molecule has 0 aromatic heterocycles. The Bertz CT molecular complexity index is 258. The highest BCUT2D eigenvalue weighted by atomic mass is 79.9. The highest BCUT2D eigenvalue weighted by Crippen LogP contribution is 2.24. The van der Waals surface area contributed by atoms with Gasteiger partial charge >= 0.3 is 0 Å². The molecule has 0 radical (unpaired) electrons. The molecule has 0 fully saturated rings. The lowest BCUT2D eigenvalue weighted by Gasteiger charge is -2.04. The molecule has 0 unspecified atom stereocenters. The molecule has 0 heterocycles. The first-order chi connectivity index (χ1) is 5.74. The third kappa shape index (κ3) is 2.41. The van der Waals surface area contributed by atoms with Crippen LogP contribution in [-0.4, -0.2) is 6.29 Å². The molecule has 0 aliphatic heterocycles. The van der Waals surface area contributed by atoms with Crippen LogP contribution in [0.2, 0.25) is 0 Å². The normalized spacial score (nSPS) is 12.5. The Kier molecular flexibility index (Phi) is 3.41. The quantitative estimate of drug-likeness (QED) is 0.577. The van der Waals surface area contributed by atoms with Gasteiger partial charge in [0.25, 0.3) is 0 Å². The largest absolute Gasteiger partial charge is 0.303 e. The van der Waals surface area contributed by atoms with E-state index in [9.17, 15) is 9.18 Å². The third-order valence-electron chi connectivity index (χ3n) is 1.53. The van der Waals surface area contributed by atoms with Crippen LogP contribution in [0.3, 0.4) is 0 Å². The highest BCUT2D eigenvalue weighted by Gasteiger charge is 2.05. The number of carbonyl (C=O) groups is 1. The van der Waals surface area contributed by atoms with Crippen LogP contribution in [0.1, 0.15) is 16.8 Å². The maximum Gasteiger partial charge on any atom is 0.123 e. The van der Waals surface area contributed by atoms with E-state index < -0.39 is 0 Å². The molecule has 1 atom stereocenters. The zero-order valence-corrected chi connectivity index (χ0v) is 7.92. The van der Waals surface area contributed by atoms with Crippen molar-refractivity contribution in [1.29, 1.82) is 0 Å². The number of aldehydes is 1. The first kappa shape index (κ1) is 9.39. The molecule has 1 aromatic carbocycles. The molecule has 1 nitrogen and oxygen atoms in total. The molecule has 0 spiro atoms. The summed E-state index contributed by atoms with van der Waals surface area (Å²) in [7, 11) is 0. The number of hydrogen-bond donors (Lipinski definition) is 0. The van der Waals surface area contributed by atoms with Crippen molar-refractivity contribution in [3.63, 3.8) is 0 Å². The molecule has 1 aromatic rings. The molecule has 1 rings (SSSR count). The molecule has 0 amide bonds. The third-order valence-corrected chi connectivity index (χ3v) is 2.44.